The first kappa shape index (κ1) is 19.4. The predicted molar refractivity (Wildman–Crippen MR) is 110 cm³/mol. The number of carbonyl (C=O) groups is 1. The average Bonchev–Trinajstić information content (AvgIpc) is 2.73. The van der Waals surface area contributed by atoms with Gasteiger partial charge in [-0.15, -0.1) is 0 Å². The Bertz CT molecular complexity index is 899. The molecule has 0 saturated heterocycles. The maximum Gasteiger partial charge on any atom is 0.270 e. The van der Waals surface area contributed by atoms with Crippen LogP contribution in [0.1, 0.15) is 16.2 Å². The minimum Gasteiger partial charge on any atom is -0.364 e. The molecule has 3 aromatic rings. The summed E-state index contributed by atoms with van der Waals surface area (Å²) >= 11 is 0. The summed E-state index contributed by atoms with van der Waals surface area (Å²) in [6.45, 7) is 1.81. The molecule has 1 amide bonds. The van der Waals surface area contributed by atoms with Crippen molar-refractivity contribution >= 4 is 11.7 Å². The molecule has 1 aromatic carbocycles. The van der Waals surface area contributed by atoms with Gasteiger partial charge in [-0.3, -0.25) is 9.78 Å². The number of nitrogens with one attached hydrogen (secondary N) is 2. The topological polar surface area (TPSA) is 83.0 Å². The largest absolute Gasteiger partial charge is 0.364 e. The highest BCUT2D eigenvalue weighted by Crippen LogP contribution is 2.18. The highest BCUT2D eigenvalue weighted by Gasteiger charge is 2.13. The van der Waals surface area contributed by atoms with Gasteiger partial charge in [-0.05, 0) is 26.2 Å². The van der Waals surface area contributed by atoms with Crippen LogP contribution >= 0.6 is 0 Å². The van der Waals surface area contributed by atoms with E-state index in [1.807, 2.05) is 67.5 Å². The summed E-state index contributed by atoms with van der Waals surface area (Å²) in [7, 11) is 3.92. The van der Waals surface area contributed by atoms with E-state index in [1.54, 1.807) is 12.3 Å². The lowest BCUT2D eigenvalue weighted by Gasteiger charge is -2.12. The number of amides is 1. The number of benzene rings is 1. The van der Waals surface area contributed by atoms with E-state index in [9.17, 15) is 4.79 Å². The molecule has 2 aromatic heterocycles. The van der Waals surface area contributed by atoms with Crippen LogP contribution in [-0.4, -0.2) is 52.9 Å². The fraction of sp³-hybridized carbons (Fsp3) is 0.238. The molecule has 0 radical (unpaired) electrons. The first-order chi connectivity index (χ1) is 13.6. The highest BCUT2D eigenvalue weighted by molar-refractivity contribution is 5.93. The first-order valence-electron chi connectivity index (χ1n) is 9.13. The maximum absolute atomic E-state index is 12.6. The van der Waals surface area contributed by atoms with Crippen molar-refractivity contribution in [1.82, 2.24) is 25.2 Å². The summed E-state index contributed by atoms with van der Waals surface area (Å²) < 4.78 is 0. The number of anilines is 1. The Labute approximate surface area is 164 Å². The number of hydrogen-bond donors (Lipinski definition) is 2. The van der Waals surface area contributed by atoms with Crippen LogP contribution in [0, 0.1) is 0 Å². The molecule has 0 saturated carbocycles. The van der Waals surface area contributed by atoms with Crippen molar-refractivity contribution in [2.75, 3.05) is 32.5 Å². The molecule has 0 aliphatic rings. The Morgan fingerprint density at radius 2 is 1.82 bits per heavy atom. The van der Waals surface area contributed by atoms with Gasteiger partial charge < -0.3 is 15.5 Å². The van der Waals surface area contributed by atoms with Crippen molar-refractivity contribution in [3.05, 3.63) is 72.2 Å². The monoisotopic (exact) mass is 376 g/mol. The molecule has 28 heavy (non-hydrogen) atoms. The second-order valence-corrected chi connectivity index (χ2v) is 6.56. The van der Waals surface area contributed by atoms with E-state index in [4.69, 9.17) is 0 Å². The molecule has 0 bridgehead atoms. The van der Waals surface area contributed by atoms with E-state index < -0.39 is 0 Å². The fourth-order valence-electron chi connectivity index (χ4n) is 2.54. The summed E-state index contributed by atoms with van der Waals surface area (Å²) in [5.41, 5.74) is 2.07. The number of pyridine rings is 1. The Morgan fingerprint density at radius 3 is 2.54 bits per heavy atom. The standard InChI is InChI=1S/C21H24N6O/c1-27(2)13-12-23-21(28)18-14-19(24-15-17-10-6-7-11-22-17)26-20(25-18)16-8-4-3-5-9-16/h3-11,14H,12-13,15H2,1-2H3,(H,23,28)(H,24,25,26). The second kappa shape index (κ2) is 9.57. The summed E-state index contributed by atoms with van der Waals surface area (Å²) in [5.74, 6) is 0.865. The summed E-state index contributed by atoms with van der Waals surface area (Å²) in [4.78, 5) is 27.9. The number of likely N-dealkylation sites (N-methyl/N-ethyl adjacent to an activating group) is 1. The lowest BCUT2D eigenvalue weighted by molar-refractivity contribution is 0.0946. The highest BCUT2D eigenvalue weighted by atomic mass is 16.1. The van der Waals surface area contributed by atoms with E-state index in [0.717, 1.165) is 17.8 Å². The number of aromatic nitrogens is 3. The molecule has 0 unspecified atom stereocenters. The third kappa shape index (κ3) is 5.59. The van der Waals surface area contributed by atoms with Crippen LogP contribution in [-0.2, 0) is 6.54 Å². The van der Waals surface area contributed by atoms with Gasteiger partial charge in [-0.25, -0.2) is 9.97 Å². The fourth-order valence-corrected chi connectivity index (χ4v) is 2.54. The Morgan fingerprint density at radius 1 is 1.04 bits per heavy atom. The maximum atomic E-state index is 12.6. The van der Waals surface area contributed by atoms with Crippen molar-refractivity contribution in [2.45, 2.75) is 6.54 Å². The van der Waals surface area contributed by atoms with Gasteiger partial charge >= 0.3 is 0 Å². The van der Waals surface area contributed by atoms with Crippen LogP contribution in [0.2, 0.25) is 0 Å². The lowest BCUT2D eigenvalue weighted by atomic mass is 10.2. The Balaban J connectivity index is 1.82. The van der Waals surface area contributed by atoms with E-state index in [0.29, 0.717) is 30.4 Å². The molecular weight excluding hydrogens is 352 g/mol. The van der Waals surface area contributed by atoms with E-state index in [2.05, 4.69) is 25.6 Å². The van der Waals surface area contributed by atoms with E-state index in [-0.39, 0.29) is 5.91 Å². The number of carbonyl (C=O) groups excluding carboxylic acids is 1. The van der Waals surface area contributed by atoms with Gasteiger partial charge in [0.2, 0.25) is 0 Å². The second-order valence-electron chi connectivity index (χ2n) is 6.56. The minimum atomic E-state index is -0.220. The van der Waals surface area contributed by atoms with Crippen LogP contribution < -0.4 is 10.6 Å². The molecule has 0 fully saturated rings. The van der Waals surface area contributed by atoms with E-state index >= 15 is 0 Å². The van der Waals surface area contributed by atoms with E-state index in [1.165, 1.54) is 0 Å². The number of nitrogens with zero attached hydrogens (tertiary/aromatic N) is 4. The van der Waals surface area contributed by atoms with Crippen molar-refractivity contribution in [2.24, 2.45) is 0 Å². The average molecular weight is 376 g/mol. The van der Waals surface area contributed by atoms with Gasteiger partial charge in [0, 0.05) is 30.9 Å². The summed E-state index contributed by atoms with van der Waals surface area (Å²) in [6.07, 6.45) is 1.75. The van der Waals surface area contributed by atoms with Crippen molar-refractivity contribution in [3.8, 4) is 11.4 Å². The van der Waals surface area contributed by atoms with Crippen LogP contribution in [0.25, 0.3) is 11.4 Å². The Kier molecular flexibility index (Phi) is 6.64. The Hall–Kier alpha value is -3.32. The predicted octanol–water partition coefficient (Wildman–Crippen LogP) is 2.44. The van der Waals surface area contributed by atoms with Gasteiger partial charge in [0.25, 0.3) is 5.91 Å². The SMILES string of the molecule is CN(C)CCNC(=O)c1cc(NCc2ccccn2)nc(-c2ccccc2)n1. The molecule has 0 aliphatic carbocycles. The molecule has 7 nitrogen and oxygen atoms in total. The zero-order valence-electron chi connectivity index (χ0n) is 16.1. The molecule has 3 rings (SSSR count). The van der Waals surface area contributed by atoms with Crippen molar-refractivity contribution in [3.63, 3.8) is 0 Å². The van der Waals surface area contributed by atoms with Gasteiger partial charge in [-0.2, -0.15) is 0 Å². The summed E-state index contributed by atoms with van der Waals surface area (Å²) in [5, 5.41) is 6.14. The first-order valence-corrected chi connectivity index (χ1v) is 9.13. The zero-order chi connectivity index (χ0) is 19.8. The number of hydrogen-bond acceptors (Lipinski definition) is 6. The van der Waals surface area contributed by atoms with Crippen LogP contribution in [0.15, 0.2) is 60.8 Å². The molecule has 2 heterocycles. The zero-order valence-corrected chi connectivity index (χ0v) is 16.1. The van der Waals surface area contributed by atoms with Crippen molar-refractivity contribution in [1.29, 1.82) is 0 Å². The molecule has 0 atom stereocenters. The molecular formula is C21H24N6O. The molecule has 0 aliphatic heterocycles. The minimum absolute atomic E-state index is 0.220. The van der Waals surface area contributed by atoms with Gasteiger partial charge in [0.1, 0.15) is 11.5 Å². The van der Waals surface area contributed by atoms with Gasteiger partial charge in [-0.1, -0.05) is 36.4 Å². The molecule has 2 N–H and O–H groups in total. The van der Waals surface area contributed by atoms with Crippen LogP contribution in [0.3, 0.4) is 0 Å². The quantitative estimate of drug-likeness (QED) is 0.628. The molecule has 7 heteroatoms. The van der Waals surface area contributed by atoms with Crippen LogP contribution in [0.5, 0.6) is 0 Å². The van der Waals surface area contributed by atoms with Gasteiger partial charge in [0.05, 0.1) is 12.2 Å². The lowest BCUT2D eigenvalue weighted by Crippen LogP contribution is -2.32. The smallest absolute Gasteiger partial charge is 0.270 e. The number of rotatable bonds is 8. The third-order valence-corrected chi connectivity index (χ3v) is 4.01. The molecule has 144 valence electrons. The summed E-state index contributed by atoms with van der Waals surface area (Å²) in [6, 6.07) is 17.0. The normalized spacial score (nSPS) is 10.7. The van der Waals surface area contributed by atoms with Crippen molar-refractivity contribution < 1.29 is 4.79 Å². The van der Waals surface area contributed by atoms with Crippen LogP contribution in [0.4, 0.5) is 5.82 Å². The molecule has 0 spiro atoms. The van der Waals surface area contributed by atoms with Gasteiger partial charge in [0.15, 0.2) is 5.82 Å². The third-order valence-electron chi connectivity index (χ3n) is 4.01.